The van der Waals surface area contributed by atoms with Crippen LogP contribution in [0.2, 0.25) is 5.02 Å². The Morgan fingerprint density at radius 3 is 2.80 bits per heavy atom. The quantitative estimate of drug-likeness (QED) is 0.792. The topological polar surface area (TPSA) is 54.7 Å². The van der Waals surface area contributed by atoms with Gasteiger partial charge in [-0.25, -0.2) is 4.39 Å². The lowest BCUT2D eigenvalue weighted by Gasteiger charge is -2.05. The maximum absolute atomic E-state index is 13.8. The van der Waals surface area contributed by atoms with E-state index < -0.39 is 5.82 Å². The molecule has 0 spiro atoms. The zero-order valence-corrected chi connectivity index (χ0v) is 9.73. The smallest absolute Gasteiger partial charge is 0.146 e. The van der Waals surface area contributed by atoms with Gasteiger partial charge in [-0.15, -0.1) is 0 Å². The zero-order valence-electron chi connectivity index (χ0n) is 7.39. The van der Waals surface area contributed by atoms with Crippen LogP contribution in [0.4, 0.5) is 10.2 Å². The van der Waals surface area contributed by atoms with Crippen molar-refractivity contribution in [2.24, 2.45) is 0 Å². The van der Waals surface area contributed by atoms with Crippen LogP contribution in [0.3, 0.4) is 0 Å². The Bertz CT molecular complexity index is 512. The molecule has 1 heterocycles. The molecule has 0 saturated heterocycles. The highest BCUT2D eigenvalue weighted by atomic mass is 79.9. The van der Waals surface area contributed by atoms with E-state index in [1.807, 2.05) is 0 Å². The summed E-state index contributed by atoms with van der Waals surface area (Å²) in [5.41, 5.74) is 6.31. The number of halogens is 3. The molecular formula is C9H6BrClFN3. The van der Waals surface area contributed by atoms with Crippen molar-refractivity contribution in [2.75, 3.05) is 5.73 Å². The Morgan fingerprint density at radius 2 is 2.20 bits per heavy atom. The standard InChI is InChI=1S/C9H6BrClFN3/c10-5-1-2-6(11)7(8(5)12)4-3-14-15-9(4)13/h1-3H,(H3,13,14,15). The van der Waals surface area contributed by atoms with E-state index in [-0.39, 0.29) is 11.4 Å². The van der Waals surface area contributed by atoms with Crippen molar-refractivity contribution >= 4 is 33.3 Å². The van der Waals surface area contributed by atoms with E-state index in [2.05, 4.69) is 26.1 Å². The van der Waals surface area contributed by atoms with Crippen molar-refractivity contribution in [3.8, 4) is 11.1 Å². The van der Waals surface area contributed by atoms with E-state index in [0.717, 1.165) is 0 Å². The molecule has 0 saturated carbocycles. The molecule has 0 aliphatic rings. The minimum Gasteiger partial charge on any atom is -0.384 e. The molecule has 15 heavy (non-hydrogen) atoms. The van der Waals surface area contributed by atoms with E-state index in [1.54, 1.807) is 6.07 Å². The molecule has 0 bridgehead atoms. The predicted molar refractivity (Wildman–Crippen MR) is 61.1 cm³/mol. The number of nitrogens with one attached hydrogen (secondary N) is 1. The lowest BCUT2D eigenvalue weighted by atomic mass is 10.1. The van der Waals surface area contributed by atoms with Gasteiger partial charge in [0.05, 0.1) is 15.7 Å². The third-order valence-electron chi connectivity index (χ3n) is 1.98. The molecule has 0 aliphatic carbocycles. The molecule has 78 valence electrons. The van der Waals surface area contributed by atoms with Crippen LogP contribution in [-0.4, -0.2) is 10.2 Å². The minimum atomic E-state index is -0.449. The molecule has 2 aromatic rings. The third kappa shape index (κ3) is 1.72. The maximum atomic E-state index is 13.8. The van der Waals surface area contributed by atoms with Gasteiger partial charge in [-0.3, -0.25) is 5.10 Å². The van der Waals surface area contributed by atoms with Crippen molar-refractivity contribution in [3.63, 3.8) is 0 Å². The first-order valence-corrected chi connectivity index (χ1v) is 5.21. The Balaban J connectivity index is 2.72. The van der Waals surface area contributed by atoms with Crippen LogP contribution in [0.25, 0.3) is 11.1 Å². The number of aromatic amines is 1. The SMILES string of the molecule is Nc1[nH]ncc1-c1c(Cl)ccc(Br)c1F. The van der Waals surface area contributed by atoms with Crippen molar-refractivity contribution in [1.82, 2.24) is 10.2 Å². The van der Waals surface area contributed by atoms with E-state index >= 15 is 0 Å². The third-order valence-corrected chi connectivity index (χ3v) is 2.91. The molecule has 0 unspecified atom stereocenters. The monoisotopic (exact) mass is 289 g/mol. The number of nitrogens with two attached hydrogens (primary N) is 1. The van der Waals surface area contributed by atoms with Gasteiger partial charge in [0.2, 0.25) is 0 Å². The van der Waals surface area contributed by atoms with Crippen molar-refractivity contribution in [3.05, 3.63) is 33.6 Å². The first-order valence-electron chi connectivity index (χ1n) is 4.04. The second-order valence-corrected chi connectivity index (χ2v) is 4.18. The number of rotatable bonds is 1. The summed E-state index contributed by atoms with van der Waals surface area (Å²) < 4.78 is 14.1. The number of nitrogens with zero attached hydrogens (tertiary/aromatic N) is 1. The van der Waals surface area contributed by atoms with Gasteiger partial charge in [0.1, 0.15) is 11.6 Å². The molecule has 0 radical (unpaired) electrons. The van der Waals surface area contributed by atoms with Gasteiger partial charge >= 0.3 is 0 Å². The Labute approximate surface area is 98.6 Å². The highest BCUT2D eigenvalue weighted by molar-refractivity contribution is 9.10. The predicted octanol–water partition coefficient (Wildman–Crippen LogP) is 3.21. The largest absolute Gasteiger partial charge is 0.384 e. The van der Waals surface area contributed by atoms with Crippen LogP contribution >= 0.6 is 27.5 Å². The Kier molecular flexibility index (Phi) is 2.67. The van der Waals surface area contributed by atoms with Gasteiger partial charge in [0.15, 0.2) is 0 Å². The molecule has 1 aromatic carbocycles. The Morgan fingerprint density at radius 1 is 1.47 bits per heavy atom. The van der Waals surface area contributed by atoms with Crippen molar-refractivity contribution in [1.29, 1.82) is 0 Å². The molecule has 2 rings (SSSR count). The first-order chi connectivity index (χ1) is 7.11. The van der Waals surface area contributed by atoms with Crippen LogP contribution in [0.15, 0.2) is 22.8 Å². The highest BCUT2D eigenvalue weighted by Crippen LogP contribution is 2.36. The first kappa shape index (κ1) is 10.4. The lowest BCUT2D eigenvalue weighted by molar-refractivity contribution is 0.625. The molecular weight excluding hydrogens is 284 g/mol. The number of H-pyrrole nitrogens is 1. The van der Waals surface area contributed by atoms with Crippen LogP contribution in [0.5, 0.6) is 0 Å². The summed E-state index contributed by atoms with van der Waals surface area (Å²) in [5, 5.41) is 6.54. The van der Waals surface area contributed by atoms with Gasteiger partial charge in [0, 0.05) is 11.1 Å². The summed E-state index contributed by atoms with van der Waals surface area (Å²) in [7, 11) is 0. The summed E-state index contributed by atoms with van der Waals surface area (Å²) in [6.07, 6.45) is 1.44. The van der Waals surface area contributed by atoms with Crippen LogP contribution in [-0.2, 0) is 0 Å². The molecule has 1 aromatic heterocycles. The number of benzene rings is 1. The van der Waals surface area contributed by atoms with Gasteiger partial charge in [-0.2, -0.15) is 5.10 Å². The summed E-state index contributed by atoms with van der Waals surface area (Å²) in [5.74, 6) is -0.162. The highest BCUT2D eigenvalue weighted by Gasteiger charge is 2.16. The molecule has 0 amide bonds. The van der Waals surface area contributed by atoms with E-state index in [9.17, 15) is 4.39 Å². The summed E-state index contributed by atoms with van der Waals surface area (Å²) >= 11 is 8.99. The summed E-state index contributed by atoms with van der Waals surface area (Å²) in [6.45, 7) is 0. The maximum Gasteiger partial charge on any atom is 0.146 e. The van der Waals surface area contributed by atoms with E-state index in [4.69, 9.17) is 17.3 Å². The molecule has 3 nitrogen and oxygen atoms in total. The molecule has 3 N–H and O–H groups in total. The minimum absolute atomic E-state index is 0.247. The number of aromatic nitrogens is 2. The average Bonchev–Trinajstić information content (AvgIpc) is 2.60. The van der Waals surface area contributed by atoms with E-state index in [0.29, 0.717) is 15.1 Å². The summed E-state index contributed by atoms with van der Waals surface area (Å²) in [6, 6.07) is 3.13. The fourth-order valence-corrected chi connectivity index (χ4v) is 1.85. The fourth-order valence-electron chi connectivity index (χ4n) is 1.27. The average molecular weight is 291 g/mol. The second-order valence-electron chi connectivity index (χ2n) is 2.92. The molecule has 0 fully saturated rings. The van der Waals surface area contributed by atoms with Crippen LogP contribution < -0.4 is 5.73 Å². The molecule has 0 atom stereocenters. The molecule has 6 heteroatoms. The van der Waals surface area contributed by atoms with Crippen LogP contribution in [0, 0.1) is 5.82 Å². The van der Waals surface area contributed by atoms with Crippen LogP contribution in [0.1, 0.15) is 0 Å². The number of hydrogen-bond donors (Lipinski definition) is 2. The fraction of sp³-hybridized carbons (Fsp3) is 0. The number of anilines is 1. The zero-order chi connectivity index (χ0) is 11.0. The number of nitrogen functional groups attached to an aromatic ring is 1. The summed E-state index contributed by atoms with van der Waals surface area (Å²) in [4.78, 5) is 0. The molecule has 0 aliphatic heterocycles. The van der Waals surface area contributed by atoms with Gasteiger partial charge in [0.25, 0.3) is 0 Å². The van der Waals surface area contributed by atoms with Gasteiger partial charge in [-0.1, -0.05) is 11.6 Å². The van der Waals surface area contributed by atoms with Crippen molar-refractivity contribution in [2.45, 2.75) is 0 Å². The van der Waals surface area contributed by atoms with Gasteiger partial charge < -0.3 is 5.73 Å². The lowest BCUT2D eigenvalue weighted by Crippen LogP contribution is -1.92. The van der Waals surface area contributed by atoms with Crippen molar-refractivity contribution < 1.29 is 4.39 Å². The van der Waals surface area contributed by atoms with E-state index in [1.165, 1.54) is 12.3 Å². The Hall–Kier alpha value is -1.07. The normalized spacial score (nSPS) is 10.6. The number of hydrogen-bond acceptors (Lipinski definition) is 2. The second kappa shape index (κ2) is 3.83. The van der Waals surface area contributed by atoms with Gasteiger partial charge in [-0.05, 0) is 28.1 Å².